The molecule has 1 aromatic heterocycles. The van der Waals surface area contributed by atoms with Gasteiger partial charge in [-0.2, -0.15) is 5.10 Å². The van der Waals surface area contributed by atoms with Crippen molar-refractivity contribution in [3.63, 3.8) is 0 Å². The number of carbonyl (C=O) groups excluding carboxylic acids is 1. The van der Waals surface area contributed by atoms with Crippen LogP contribution in [-0.4, -0.2) is 46.3 Å². The lowest BCUT2D eigenvalue weighted by Gasteiger charge is -2.27. The predicted octanol–water partition coefficient (Wildman–Crippen LogP) is 4.19. The highest BCUT2D eigenvalue weighted by Crippen LogP contribution is 2.28. The molecule has 2 aliphatic rings. The second kappa shape index (κ2) is 9.70. The minimum absolute atomic E-state index is 0.112. The zero-order chi connectivity index (χ0) is 21.8. The van der Waals surface area contributed by atoms with Crippen LogP contribution in [0.15, 0.2) is 60.7 Å². The van der Waals surface area contributed by atoms with Gasteiger partial charge in [-0.15, -0.1) is 0 Å². The minimum Gasteiger partial charge on any atom is -0.337 e. The van der Waals surface area contributed by atoms with E-state index in [2.05, 4.69) is 47.8 Å². The topological polar surface area (TPSA) is 50.2 Å². The van der Waals surface area contributed by atoms with Gasteiger partial charge in [0.15, 0.2) is 5.69 Å². The summed E-state index contributed by atoms with van der Waals surface area (Å²) in [6, 6.07) is 21.2. The first-order valence-electron chi connectivity index (χ1n) is 12.0. The van der Waals surface area contributed by atoms with Gasteiger partial charge in [-0.3, -0.25) is 4.79 Å². The molecule has 1 atom stereocenters. The number of hydrogen-bond donors (Lipinski definition) is 1. The Balaban J connectivity index is 1.37. The van der Waals surface area contributed by atoms with E-state index >= 15 is 0 Å². The number of amides is 1. The third-order valence-electron chi connectivity index (χ3n) is 6.81. The van der Waals surface area contributed by atoms with Crippen molar-refractivity contribution in [3.05, 3.63) is 83.2 Å². The van der Waals surface area contributed by atoms with Crippen LogP contribution in [-0.2, 0) is 19.3 Å². The molecular formula is C27H32N4O. The Morgan fingerprint density at radius 3 is 2.44 bits per heavy atom. The summed E-state index contributed by atoms with van der Waals surface area (Å²) in [5.74, 6) is 0.112. The molecule has 166 valence electrons. The quantitative estimate of drug-likeness (QED) is 0.641. The normalized spacial score (nSPS) is 18.4. The summed E-state index contributed by atoms with van der Waals surface area (Å²) in [4.78, 5) is 15.5. The number of aromatic nitrogens is 2. The molecule has 5 rings (SSSR count). The molecule has 1 aliphatic carbocycles. The van der Waals surface area contributed by atoms with Gasteiger partial charge in [-0.25, -0.2) is 4.68 Å². The average molecular weight is 429 g/mol. The molecule has 3 aromatic rings. The van der Waals surface area contributed by atoms with Crippen molar-refractivity contribution >= 4 is 5.91 Å². The summed E-state index contributed by atoms with van der Waals surface area (Å²) >= 11 is 0. The van der Waals surface area contributed by atoms with E-state index in [0.29, 0.717) is 11.7 Å². The third-order valence-corrected chi connectivity index (χ3v) is 6.81. The maximum Gasteiger partial charge on any atom is 0.274 e. The van der Waals surface area contributed by atoms with Crippen molar-refractivity contribution in [2.45, 2.75) is 51.0 Å². The zero-order valence-electron chi connectivity index (χ0n) is 18.7. The summed E-state index contributed by atoms with van der Waals surface area (Å²) in [6.07, 6.45) is 7.30. The van der Waals surface area contributed by atoms with Crippen molar-refractivity contribution in [2.24, 2.45) is 0 Å². The molecule has 1 fully saturated rings. The number of hydrogen-bond acceptors (Lipinski definition) is 3. The molecule has 0 radical (unpaired) electrons. The minimum atomic E-state index is 0.112. The van der Waals surface area contributed by atoms with Gasteiger partial charge in [0.2, 0.25) is 0 Å². The van der Waals surface area contributed by atoms with Crippen LogP contribution in [0.1, 0.15) is 53.0 Å². The second-order valence-corrected chi connectivity index (χ2v) is 9.00. The van der Waals surface area contributed by atoms with E-state index in [1.165, 1.54) is 17.7 Å². The Morgan fingerprint density at radius 1 is 0.969 bits per heavy atom. The maximum absolute atomic E-state index is 13.5. The van der Waals surface area contributed by atoms with Crippen LogP contribution in [0.3, 0.4) is 0 Å². The van der Waals surface area contributed by atoms with Crippen LogP contribution in [0.4, 0.5) is 0 Å². The zero-order valence-corrected chi connectivity index (χ0v) is 18.7. The molecule has 0 saturated carbocycles. The summed E-state index contributed by atoms with van der Waals surface area (Å²) in [6.45, 7) is 2.65. The molecule has 1 saturated heterocycles. The molecule has 5 nitrogen and oxygen atoms in total. The highest BCUT2D eigenvalue weighted by Gasteiger charge is 2.31. The van der Waals surface area contributed by atoms with E-state index in [9.17, 15) is 4.79 Å². The third kappa shape index (κ3) is 4.49. The molecule has 1 N–H and O–H groups in total. The largest absolute Gasteiger partial charge is 0.337 e. The first-order chi connectivity index (χ1) is 15.8. The van der Waals surface area contributed by atoms with Crippen molar-refractivity contribution < 1.29 is 4.79 Å². The fourth-order valence-corrected chi connectivity index (χ4v) is 5.06. The van der Waals surface area contributed by atoms with Crippen molar-refractivity contribution in [3.8, 4) is 5.69 Å². The van der Waals surface area contributed by atoms with E-state index in [1.807, 2.05) is 27.8 Å². The molecule has 2 heterocycles. The van der Waals surface area contributed by atoms with Crippen LogP contribution in [0, 0.1) is 0 Å². The Morgan fingerprint density at radius 2 is 1.69 bits per heavy atom. The highest BCUT2D eigenvalue weighted by molar-refractivity contribution is 5.94. The number of nitrogens with zero attached hydrogens (tertiary/aromatic N) is 3. The Hall–Kier alpha value is -2.92. The van der Waals surface area contributed by atoms with Gasteiger partial charge in [0.25, 0.3) is 5.91 Å². The Labute approximate surface area is 190 Å². The number of benzene rings is 2. The molecule has 1 aliphatic heterocycles. The van der Waals surface area contributed by atoms with Crippen molar-refractivity contribution in [2.75, 3.05) is 19.6 Å². The first-order valence-corrected chi connectivity index (χ1v) is 12.0. The maximum atomic E-state index is 13.5. The lowest BCUT2D eigenvalue weighted by molar-refractivity contribution is 0.0716. The molecule has 0 spiro atoms. The van der Waals surface area contributed by atoms with Gasteiger partial charge in [0, 0.05) is 30.4 Å². The van der Waals surface area contributed by atoms with Crippen molar-refractivity contribution in [1.29, 1.82) is 0 Å². The standard InChI is InChI=1S/C27H32N4O/c32-27(30-18-8-3-9-19-30)26-24-20-22(28-17-16-21-10-4-1-5-11-21)14-15-25(24)31(29-26)23-12-6-2-7-13-23/h1-2,4-7,10-13,22,28H,3,8-9,14-20H2. The van der Waals surface area contributed by atoms with Gasteiger partial charge in [0.05, 0.1) is 5.69 Å². The van der Waals surface area contributed by atoms with Gasteiger partial charge in [0.1, 0.15) is 0 Å². The molecule has 1 amide bonds. The van der Waals surface area contributed by atoms with Gasteiger partial charge < -0.3 is 10.2 Å². The van der Waals surface area contributed by atoms with E-state index in [4.69, 9.17) is 5.10 Å². The van der Waals surface area contributed by atoms with Crippen molar-refractivity contribution in [1.82, 2.24) is 20.0 Å². The van der Waals surface area contributed by atoms with Gasteiger partial charge in [-0.05, 0) is 69.2 Å². The predicted molar refractivity (Wildman–Crippen MR) is 127 cm³/mol. The number of para-hydroxylation sites is 1. The van der Waals surface area contributed by atoms with E-state index in [-0.39, 0.29) is 5.91 Å². The second-order valence-electron chi connectivity index (χ2n) is 9.00. The lowest BCUT2D eigenvalue weighted by Crippen LogP contribution is -2.38. The molecule has 32 heavy (non-hydrogen) atoms. The van der Waals surface area contributed by atoms with Crippen LogP contribution in [0.5, 0.6) is 0 Å². The molecule has 0 bridgehead atoms. The average Bonchev–Trinajstić information content (AvgIpc) is 3.24. The number of nitrogens with one attached hydrogen (secondary N) is 1. The monoisotopic (exact) mass is 428 g/mol. The number of likely N-dealkylation sites (tertiary alicyclic amines) is 1. The summed E-state index contributed by atoms with van der Waals surface area (Å²) in [5.41, 5.74) is 5.41. The summed E-state index contributed by atoms with van der Waals surface area (Å²) in [5, 5.41) is 8.64. The molecule has 1 unspecified atom stereocenters. The smallest absolute Gasteiger partial charge is 0.274 e. The summed E-state index contributed by atoms with van der Waals surface area (Å²) < 4.78 is 2.02. The van der Waals surface area contributed by atoms with Gasteiger partial charge >= 0.3 is 0 Å². The van der Waals surface area contributed by atoms with Crippen LogP contribution in [0.25, 0.3) is 5.69 Å². The van der Waals surface area contributed by atoms with Crippen LogP contribution in [0.2, 0.25) is 0 Å². The highest BCUT2D eigenvalue weighted by atomic mass is 16.2. The number of piperidine rings is 1. The van der Waals surface area contributed by atoms with Crippen LogP contribution < -0.4 is 5.32 Å². The van der Waals surface area contributed by atoms with Gasteiger partial charge in [-0.1, -0.05) is 48.5 Å². The summed E-state index contributed by atoms with van der Waals surface area (Å²) in [7, 11) is 0. The first kappa shape index (κ1) is 21.0. The van der Waals surface area contributed by atoms with E-state index < -0.39 is 0 Å². The Bertz CT molecular complexity index is 1040. The molecule has 5 heteroatoms. The Kier molecular flexibility index (Phi) is 6.35. The fourth-order valence-electron chi connectivity index (χ4n) is 5.06. The molecule has 2 aromatic carbocycles. The lowest BCUT2D eigenvalue weighted by atomic mass is 9.90. The van der Waals surface area contributed by atoms with E-state index in [0.717, 1.165) is 69.4 Å². The number of fused-ring (bicyclic) bond motifs is 1. The SMILES string of the molecule is O=C(c1nn(-c2ccccc2)c2c1CC(NCCc1ccccc1)CC2)N1CCCCC1. The molecular weight excluding hydrogens is 396 g/mol. The number of carbonyl (C=O) groups is 1. The number of rotatable bonds is 6. The van der Waals surface area contributed by atoms with E-state index in [1.54, 1.807) is 0 Å². The fraction of sp³-hybridized carbons (Fsp3) is 0.407. The van der Waals surface area contributed by atoms with Crippen LogP contribution >= 0.6 is 0 Å².